The number of aryl methyl sites for hydroxylation is 1. The highest BCUT2D eigenvalue weighted by atomic mass is 32.2. The van der Waals surface area contributed by atoms with Crippen molar-refractivity contribution in [2.24, 2.45) is 7.05 Å². The number of rotatable bonds is 2. The number of fused-ring (bicyclic) bond motifs is 1. The third kappa shape index (κ3) is 2.32. The Labute approximate surface area is 120 Å². The summed E-state index contributed by atoms with van der Waals surface area (Å²) in [5.74, 6) is 0. The number of nitrogens with one attached hydrogen (secondary N) is 1. The lowest BCUT2D eigenvalue weighted by Crippen LogP contribution is -2.33. The number of hydrogen-bond acceptors (Lipinski definition) is 7. The molecular weight excluding hydrogens is 298 g/mol. The second-order valence-corrected chi connectivity index (χ2v) is 6.25. The summed E-state index contributed by atoms with van der Waals surface area (Å²) >= 11 is 2.67. The molecule has 3 rings (SSSR count). The van der Waals surface area contributed by atoms with Crippen LogP contribution in [0.3, 0.4) is 0 Å². The average Bonchev–Trinajstić information content (AvgIpc) is 2.77. The Kier molecular flexibility index (Phi) is 3.07. The molecule has 0 aliphatic rings. The van der Waals surface area contributed by atoms with Gasteiger partial charge in [0.1, 0.15) is 0 Å². The lowest BCUT2D eigenvalue weighted by Gasteiger charge is -2.02. The molecule has 2 aromatic heterocycles. The summed E-state index contributed by atoms with van der Waals surface area (Å²) in [6.07, 6.45) is 0. The molecule has 0 atom stereocenters. The van der Waals surface area contributed by atoms with Crippen LogP contribution in [0.2, 0.25) is 0 Å². The Morgan fingerprint density at radius 3 is 2.95 bits per heavy atom. The third-order valence-electron chi connectivity index (χ3n) is 2.52. The summed E-state index contributed by atoms with van der Waals surface area (Å²) in [6, 6.07) is 5.46. The molecule has 9 heteroatoms. The van der Waals surface area contributed by atoms with Crippen molar-refractivity contribution in [3.8, 4) is 0 Å². The van der Waals surface area contributed by atoms with Crippen molar-refractivity contribution in [1.82, 2.24) is 19.7 Å². The molecular formula is C11H9N5O2S2. The number of nitrogens with two attached hydrogens (primary N) is 1. The predicted octanol–water partition coefficient (Wildman–Crippen LogP) is 0.812. The van der Waals surface area contributed by atoms with Gasteiger partial charge in [0.2, 0.25) is 0 Å². The quantitative estimate of drug-likeness (QED) is 0.536. The maximum absolute atomic E-state index is 11.3. The van der Waals surface area contributed by atoms with E-state index in [1.54, 1.807) is 13.1 Å². The van der Waals surface area contributed by atoms with Crippen LogP contribution in [0.5, 0.6) is 0 Å². The fraction of sp³-hybridized carbons (Fsp3) is 0.0909. The van der Waals surface area contributed by atoms with Gasteiger partial charge in [0.05, 0.1) is 10.2 Å². The molecule has 3 aromatic rings. The van der Waals surface area contributed by atoms with E-state index < -0.39 is 11.1 Å². The van der Waals surface area contributed by atoms with Crippen LogP contribution >= 0.6 is 23.1 Å². The van der Waals surface area contributed by atoms with E-state index in [1.807, 2.05) is 12.1 Å². The molecule has 1 aromatic carbocycles. The molecule has 0 aliphatic carbocycles. The molecule has 0 saturated carbocycles. The molecule has 0 saturated heterocycles. The van der Waals surface area contributed by atoms with E-state index in [0.717, 1.165) is 14.6 Å². The first kappa shape index (κ1) is 12.9. The Hall–Kier alpha value is -2.13. The summed E-state index contributed by atoms with van der Waals surface area (Å²) in [4.78, 5) is 30.6. The highest BCUT2D eigenvalue weighted by Crippen LogP contribution is 2.33. The zero-order valence-electron chi connectivity index (χ0n) is 10.3. The molecule has 0 spiro atoms. The van der Waals surface area contributed by atoms with E-state index in [-0.39, 0.29) is 0 Å². The Bertz CT molecular complexity index is 911. The number of benzene rings is 1. The molecule has 7 nitrogen and oxygen atoms in total. The van der Waals surface area contributed by atoms with E-state index >= 15 is 0 Å². The highest BCUT2D eigenvalue weighted by Gasteiger charge is 2.10. The van der Waals surface area contributed by atoms with Crippen LogP contribution in [0.4, 0.5) is 5.69 Å². The maximum Gasteiger partial charge on any atom is 0.339 e. The molecule has 0 amide bonds. The molecule has 0 radical (unpaired) electrons. The number of aromatic amines is 1. The Morgan fingerprint density at radius 2 is 2.15 bits per heavy atom. The van der Waals surface area contributed by atoms with Gasteiger partial charge < -0.3 is 5.73 Å². The van der Waals surface area contributed by atoms with Gasteiger partial charge >= 0.3 is 11.1 Å². The summed E-state index contributed by atoms with van der Waals surface area (Å²) < 4.78 is 3.08. The zero-order chi connectivity index (χ0) is 14.3. The van der Waals surface area contributed by atoms with Gasteiger partial charge in [0.25, 0.3) is 0 Å². The smallest absolute Gasteiger partial charge is 0.339 e. The number of nitrogens with zero attached hydrogens (tertiary/aromatic N) is 3. The fourth-order valence-corrected chi connectivity index (χ4v) is 3.61. The lowest BCUT2D eigenvalue weighted by molar-refractivity contribution is 0.596. The summed E-state index contributed by atoms with van der Waals surface area (Å²) in [7, 11) is 1.61. The molecule has 2 heterocycles. The van der Waals surface area contributed by atoms with E-state index in [1.165, 1.54) is 27.8 Å². The second-order valence-electron chi connectivity index (χ2n) is 4.01. The van der Waals surface area contributed by atoms with Gasteiger partial charge in [-0.05, 0) is 30.0 Å². The number of anilines is 1. The fourth-order valence-electron chi connectivity index (χ4n) is 1.59. The van der Waals surface area contributed by atoms with Crippen molar-refractivity contribution >= 4 is 39.0 Å². The monoisotopic (exact) mass is 307 g/mol. The molecule has 0 unspecified atom stereocenters. The van der Waals surface area contributed by atoms with E-state index in [4.69, 9.17) is 5.73 Å². The normalized spacial score (nSPS) is 11.1. The minimum Gasteiger partial charge on any atom is -0.399 e. The van der Waals surface area contributed by atoms with Crippen molar-refractivity contribution in [2.75, 3.05) is 5.73 Å². The van der Waals surface area contributed by atoms with E-state index in [2.05, 4.69) is 15.1 Å². The van der Waals surface area contributed by atoms with Crippen LogP contribution in [0.1, 0.15) is 0 Å². The maximum atomic E-state index is 11.3. The molecule has 3 N–H and O–H groups in total. The summed E-state index contributed by atoms with van der Waals surface area (Å²) in [5.41, 5.74) is 5.68. The first-order valence-corrected chi connectivity index (χ1v) is 7.17. The standard InChI is InChI=1S/C11H9N5O2S2/c1-16-10(14-8(17)9(18)15-16)20-11-13-6-3-2-5(12)4-7(6)19-11/h2-4H,12H2,1H3,(H,15,18). The van der Waals surface area contributed by atoms with Crippen molar-refractivity contribution in [1.29, 1.82) is 0 Å². The van der Waals surface area contributed by atoms with E-state index in [0.29, 0.717) is 10.8 Å². The van der Waals surface area contributed by atoms with Gasteiger partial charge in [0.15, 0.2) is 9.50 Å². The second kappa shape index (κ2) is 4.76. The molecule has 0 bridgehead atoms. The minimum atomic E-state index is -0.809. The van der Waals surface area contributed by atoms with Crippen LogP contribution in [-0.2, 0) is 7.05 Å². The molecule has 20 heavy (non-hydrogen) atoms. The first-order chi connectivity index (χ1) is 9.52. The minimum absolute atomic E-state index is 0.377. The van der Waals surface area contributed by atoms with Gasteiger partial charge in [-0.1, -0.05) is 0 Å². The predicted molar refractivity (Wildman–Crippen MR) is 78.3 cm³/mol. The SMILES string of the molecule is Cn1[nH]c(=O)c(=O)nc1Sc1nc2ccc(N)cc2s1. The van der Waals surface area contributed by atoms with Gasteiger partial charge in [-0.3, -0.25) is 19.4 Å². The Morgan fingerprint density at radius 1 is 1.35 bits per heavy atom. The number of aromatic nitrogens is 4. The van der Waals surface area contributed by atoms with Crippen molar-refractivity contribution in [2.45, 2.75) is 9.50 Å². The number of nitrogen functional groups attached to an aromatic ring is 1. The number of H-pyrrole nitrogens is 1. The van der Waals surface area contributed by atoms with Crippen LogP contribution < -0.4 is 16.9 Å². The van der Waals surface area contributed by atoms with Gasteiger partial charge in [0, 0.05) is 12.7 Å². The van der Waals surface area contributed by atoms with Crippen LogP contribution in [0, 0.1) is 0 Å². The largest absolute Gasteiger partial charge is 0.399 e. The van der Waals surface area contributed by atoms with Crippen molar-refractivity contribution in [3.63, 3.8) is 0 Å². The zero-order valence-corrected chi connectivity index (χ0v) is 11.9. The molecule has 102 valence electrons. The highest BCUT2D eigenvalue weighted by molar-refractivity contribution is 8.01. The van der Waals surface area contributed by atoms with Crippen LogP contribution in [0.15, 0.2) is 37.3 Å². The summed E-state index contributed by atoms with van der Waals surface area (Å²) in [5, 5.41) is 2.77. The topological polar surface area (TPSA) is 107 Å². The van der Waals surface area contributed by atoms with Gasteiger partial charge in [-0.2, -0.15) is 4.98 Å². The number of thiazole rings is 1. The lowest BCUT2D eigenvalue weighted by atomic mass is 10.3. The van der Waals surface area contributed by atoms with Crippen molar-refractivity contribution in [3.05, 3.63) is 38.9 Å². The van der Waals surface area contributed by atoms with Crippen LogP contribution in [-0.4, -0.2) is 19.7 Å². The van der Waals surface area contributed by atoms with Gasteiger partial charge in [-0.25, -0.2) is 4.98 Å². The average molecular weight is 307 g/mol. The first-order valence-electron chi connectivity index (χ1n) is 5.54. The van der Waals surface area contributed by atoms with Crippen molar-refractivity contribution < 1.29 is 0 Å². The molecule has 0 fully saturated rings. The van der Waals surface area contributed by atoms with Gasteiger partial charge in [-0.15, -0.1) is 11.3 Å². The molecule has 0 aliphatic heterocycles. The number of hydrogen-bond donors (Lipinski definition) is 2. The summed E-state index contributed by atoms with van der Waals surface area (Å²) in [6.45, 7) is 0. The van der Waals surface area contributed by atoms with E-state index in [9.17, 15) is 9.59 Å². The Balaban J connectivity index is 2.03. The third-order valence-corrected chi connectivity index (χ3v) is 4.65. The van der Waals surface area contributed by atoms with Crippen LogP contribution in [0.25, 0.3) is 10.2 Å².